The number of carbonyl (C=O) groups excluding carboxylic acids is 2. The van der Waals surface area contributed by atoms with Gasteiger partial charge in [0.15, 0.2) is 17.5 Å². The molecule has 2 amide bonds. The van der Waals surface area contributed by atoms with E-state index < -0.39 is 29.0 Å². The molecule has 0 aliphatic carbocycles. The van der Waals surface area contributed by atoms with Crippen molar-refractivity contribution in [3.63, 3.8) is 0 Å². The Morgan fingerprint density at radius 2 is 1.59 bits per heavy atom. The molecule has 2 N–H and O–H groups in total. The Hall–Kier alpha value is -2.58. The van der Waals surface area contributed by atoms with Gasteiger partial charge in [-0.3, -0.25) is 14.5 Å². The Balaban J connectivity index is 2.00. The first-order valence-corrected chi connectivity index (χ1v) is 9.30. The molecule has 0 fully saturated rings. The summed E-state index contributed by atoms with van der Waals surface area (Å²) in [6.07, 6.45) is 0.663. The van der Waals surface area contributed by atoms with Crippen molar-refractivity contribution in [3.8, 4) is 0 Å². The minimum atomic E-state index is -1.66. The summed E-state index contributed by atoms with van der Waals surface area (Å²) in [5, 5.41) is 5.41. The molecule has 0 unspecified atom stereocenters. The van der Waals surface area contributed by atoms with Gasteiger partial charge in [0, 0.05) is 10.7 Å². The van der Waals surface area contributed by atoms with Gasteiger partial charge in [0.1, 0.15) is 0 Å². The van der Waals surface area contributed by atoms with Crippen LogP contribution in [0, 0.1) is 24.4 Å². The highest BCUT2D eigenvalue weighted by Gasteiger charge is 2.18. The van der Waals surface area contributed by atoms with Crippen molar-refractivity contribution < 1.29 is 22.8 Å². The lowest BCUT2D eigenvalue weighted by molar-refractivity contribution is -0.120. The number of aryl methyl sites for hydroxylation is 1. The molecule has 0 aromatic heterocycles. The normalized spacial score (nSPS) is 10.9. The van der Waals surface area contributed by atoms with Gasteiger partial charge >= 0.3 is 0 Å². The van der Waals surface area contributed by atoms with Crippen LogP contribution in [0.1, 0.15) is 18.9 Å². The van der Waals surface area contributed by atoms with Crippen LogP contribution < -0.4 is 10.6 Å². The zero-order valence-corrected chi connectivity index (χ0v) is 16.7. The number of carbonyl (C=O) groups is 2. The summed E-state index contributed by atoms with van der Waals surface area (Å²) in [4.78, 5) is 26.1. The number of benzene rings is 2. The predicted octanol–water partition coefficient (Wildman–Crippen LogP) is 4.35. The third-order valence-electron chi connectivity index (χ3n) is 4.06. The molecule has 156 valence electrons. The molecule has 0 saturated heterocycles. The standard InChI is InChI=1S/C20H21ClF3N3O2/c1-3-8-27(11-18(29)26-16-9-13(21)5-4-12(16)2)10-17(28)25-15-7-6-14(22)19(23)20(15)24/h4-7,9H,3,8,10-11H2,1-2H3,(H,25,28)(H,26,29). The van der Waals surface area contributed by atoms with Crippen LogP contribution in [-0.2, 0) is 9.59 Å². The number of hydrogen-bond acceptors (Lipinski definition) is 3. The molecule has 0 spiro atoms. The molecule has 0 aliphatic rings. The number of nitrogens with zero attached hydrogens (tertiary/aromatic N) is 1. The van der Waals surface area contributed by atoms with E-state index in [1.54, 1.807) is 23.1 Å². The zero-order valence-electron chi connectivity index (χ0n) is 16.0. The molecule has 2 rings (SSSR count). The van der Waals surface area contributed by atoms with Crippen LogP contribution in [0.4, 0.5) is 24.5 Å². The average molecular weight is 428 g/mol. The second-order valence-corrected chi connectivity index (χ2v) is 6.93. The van der Waals surface area contributed by atoms with Crippen LogP contribution in [0.3, 0.4) is 0 Å². The molecule has 0 radical (unpaired) electrons. The van der Waals surface area contributed by atoms with Crippen LogP contribution in [0.2, 0.25) is 5.02 Å². The number of nitrogens with one attached hydrogen (secondary N) is 2. The lowest BCUT2D eigenvalue weighted by Crippen LogP contribution is -2.39. The van der Waals surface area contributed by atoms with E-state index in [1.807, 2.05) is 13.8 Å². The van der Waals surface area contributed by atoms with Gasteiger partial charge < -0.3 is 10.6 Å². The summed E-state index contributed by atoms with van der Waals surface area (Å²) in [7, 11) is 0. The number of hydrogen-bond donors (Lipinski definition) is 2. The number of amides is 2. The maximum absolute atomic E-state index is 13.7. The summed E-state index contributed by atoms with van der Waals surface area (Å²) in [6, 6.07) is 6.75. The Labute approximate surface area is 171 Å². The second-order valence-electron chi connectivity index (χ2n) is 6.49. The number of halogens is 4. The smallest absolute Gasteiger partial charge is 0.238 e. The molecular weight excluding hydrogens is 407 g/mol. The fraction of sp³-hybridized carbons (Fsp3) is 0.300. The van der Waals surface area contributed by atoms with Crippen LogP contribution >= 0.6 is 11.6 Å². The molecule has 9 heteroatoms. The SMILES string of the molecule is CCCN(CC(=O)Nc1cc(Cl)ccc1C)CC(=O)Nc1ccc(F)c(F)c1F. The Morgan fingerprint density at radius 1 is 0.966 bits per heavy atom. The summed E-state index contributed by atoms with van der Waals surface area (Å²) in [5.74, 6) is -5.49. The third-order valence-corrected chi connectivity index (χ3v) is 4.29. The fourth-order valence-electron chi connectivity index (χ4n) is 2.67. The van der Waals surface area contributed by atoms with Crippen LogP contribution in [0.5, 0.6) is 0 Å². The molecule has 2 aromatic rings. The molecule has 2 aromatic carbocycles. The van der Waals surface area contributed by atoms with Crippen molar-refractivity contribution in [1.29, 1.82) is 0 Å². The van der Waals surface area contributed by atoms with Crippen LogP contribution in [0.15, 0.2) is 30.3 Å². The van der Waals surface area contributed by atoms with Crippen molar-refractivity contribution in [2.45, 2.75) is 20.3 Å². The first kappa shape index (κ1) is 22.7. The maximum atomic E-state index is 13.7. The van der Waals surface area contributed by atoms with E-state index in [0.29, 0.717) is 23.7 Å². The van der Waals surface area contributed by atoms with Gasteiger partial charge in [-0.25, -0.2) is 13.2 Å². The van der Waals surface area contributed by atoms with Gasteiger partial charge in [-0.1, -0.05) is 24.6 Å². The Kier molecular flexibility index (Phi) is 8.04. The number of anilines is 2. The van der Waals surface area contributed by atoms with Gasteiger partial charge in [0.25, 0.3) is 0 Å². The minimum absolute atomic E-state index is 0.0898. The predicted molar refractivity (Wildman–Crippen MR) is 106 cm³/mol. The molecule has 0 atom stereocenters. The lowest BCUT2D eigenvalue weighted by Gasteiger charge is -2.21. The van der Waals surface area contributed by atoms with Gasteiger partial charge in [-0.15, -0.1) is 0 Å². The first-order chi connectivity index (χ1) is 13.7. The van der Waals surface area contributed by atoms with E-state index in [4.69, 9.17) is 11.6 Å². The molecule has 0 saturated carbocycles. The first-order valence-electron chi connectivity index (χ1n) is 8.93. The van der Waals surface area contributed by atoms with E-state index in [2.05, 4.69) is 10.6 Å². The Morgan fingerprint density at radius 3 is 2.21 bits per heavy atom. The summed E-state index contributed by atoms with van der Waals surface area (Å²) < 4.78 is 40.0. The fourth-order valence-corrected chi connectivity index (χ4v) is 2.84. The minimum Gasteiger partial charge on any atom is -0.325 e. The molecule has 0 bridgehead atoms. The zero-order chi connectivity index (χ0) is 21.6. The van der Waals surface area contributed by atoms with Crippen molar-refractivity contribution in [1.82, 2.24) is 4.90 Å². The van der Waals surface area contributed by atoms with Gasteiger partial charge in [0.2, 0.25) is 11.8 Å². The average Bonchev–Trinajstić information content (AvgIpc) is 2.65. The second kappa shape index (κ2) is 10.3. The molecule has 29 heavy (non-hydrogen) atoms. The van der Waals surface area contributed by atoms with E-state index in [9.17, 15) is 22.8 Å². The van der Waals surface area contributed by atoms with Gasteiger partial charge in [-0.05, 0) is 49.7 Å². The Bertz CT molecular complexity index is 909. The molecule has 5 nitrogen and oxygen atoms in total. The van der Waals surface area contributed by atoms with Crippen molar-refractivity contribution >= 4 is 34.8 Å². The molecular formula is C20H21ClF3N3O2. The number of rotatable bonds is 8. The van der Waals surface area contributed by atoms with Crippen molar-refractivity contribution in [2.24, 2.45) is 0 Å². The third kappa shape index (κ3) is 6.47. The van der Waals surface area contributed by atoms with Crippen LogP contribution in [-0.4, -0.2) is 36.3 Å². The van der Waals surface area contributed by atoms with Gasteiger partial charge in [-0.2, -0.15) is 0 Å². The van der Waals surface area contributed by atoms with E-state index in [0.717, 1.165) is 17.7 Å². The van der Waals surface area contributed by atoms with E-state index in [1.165, 1.54) is 0 Å². The molecule has 0 aliphatic heterocycles. The summed E-state index contributed by atoms with van der Waals surface area (Å²) in [6.45, 7) is 3.80. The highest BCUT2D eigenvalue weighted by atomic mass is 35.5. The quantitative estimate of drug-likeness (QED) is 0.615. The van der Waals surface area contributed by atoms with E-state index in [-0.39, 0.29) is 19.0 Å². The van der Waals surface area contributed by atoms with E-state index >= 15 is 0 Å². The summed E-state index contributed by atoms with van der Waals surface area (Å²) in [5.41, 5.74) is 0.924. The monoisotopic (exact) mass is 427 g/mol. The highest BCUT2D eigenvalue weighted by Crippen LogP contribution is 2.21. The maximum Gasteiger partial charge on any atom is 0.238 e. The van der Waals surface area contributed by atoms with Gasteiger partial charge in [0.05, 0.1) is 18.8 Å². The highest BCUT2D eigenvalue weighted by molar-refractivity contribution is 6.31. The largest absolute Gasteiger partial charge is 0.325 e. The summed E-state index contributed by atoms with van der Waals surface area (Å²) >= 11 is 5.94. The van der Waals surface area contributed by atoms with Crippen LogP contribution in [0.25, 0.3) is 0 Å². The van der Waals surface area contributed by atoms with Crippen molar-refractivity contribution in [2.75, 3.05) is 30.3 Å². The van der Waals surface area contributed by atoms with Crippen molar-refractivity contribution in [3.05, 3.63) is 58.4 Å². The lowest BCUT2D eigenvalue weighted by atomic mass is 10.2. The topological polar surface area (TPSA) is 61.4 Å². The molecule has 0 heterocycles.